The van der Waals surface area contributed by atoms with E-state index in [0.717, 1.165) is 38.6 Å². The van der Waals surface area contributed by atoms with Crippen molar-refractivity contribution in [3.8, 4) is 0 Å². The average molecular weight is 387 g/mol. The third-order valence-corrected chi connectivity index (χ3v) is 8.06. The van der Waals surface area contributed by atoms with Crippen LogP contribution >= 0.6 is 22.7 Å². The van der Waals surface area contributed by atoms with Gasteiger partial charge < -0.3 is 0 Å². The van der Waals surface area contributed by atoms with Gasteiger partial charge in [-0.3, -0.25) is 19.4 Å². The van der Waals surface area contributed by atoms with E-state index in [1.165, 1.54) is 15.3 Å². The van der Waals surface area contributed by atoms with Gasteiger partial charge in [-0.1, -0.05) is 18.9 Å². The van der Waals surface area contributed by atoms with Crippen molar-refractivity contribution >= 4 is 34.5 Å². The fourth-order valence-electron chi connectivity index (χ4n) is 4.85. The minimum Gasteiger partial charge on any atom is -0.274 e. The maximum Gasteiger partial charge on any atom is 0.234 e. The van der Waals surface area contributed by atoms with Crippen LogP contribution in [-0.4, -0.2) is 34.8 Å². The smallest absolute Gasteiger partial charge is 0.234 e. The highest BCUT2D eigenvalue weighted by Crippen LogP contribution is 2.42. The molecule has 0 bridgehead atoms. The second-order valence-electron chi connectivity index (χ2n) is 7.52. The van der Waals surface area contributed by atoms with Gasteiger partial charge in [0.2, 0.25) is 11.8 Å². The Morgan fingerprint density at radius 1 is 1.00 bits per heavy atom. The summed E-state index contributed by atoms with van der Waals surface area (Å²) in [5.41, 5.74) is 1.35. The fourth-order valence-corrected chi connectivity index (χ4v) is 6.63. The SMILES string of the molecule is O=C1[C@@H]2CCCC[C@H]2C(=O)N1CN1CCc2sccc2[C@H]1c1cccs1. The standard InChI is InChI=1S/C20H22N2O2S2/c23-19-13-4-1-2-5-14(13)20(24)22(19)12-21-9-7-16-15(8-11-26-16)18(21)17-6-3-10-25-17/h3,6,8,10-11,13-14,18H,1-2,4-5,7,9,12H2/t13-,14-,18+/m1/s1. The highest BCUT2D eigenvalue weighted by molar-refractivity contribution is 7.10. The van der Waals surface area contributed by atoms with Gasteiger partial charge in [-0.15, -0.1) is 22.7 Å². The van der Waals surface area contributed by atoms with E-state index >= 15 is 0 Å². The molecule has 2 fully saturated rings. The molecule has 4 heterocycles. The first kappa shape index (κ1) is 16.7. The Morgan fingerprint density at radius 2 is 1.77 bits per heavy atom. The Labute approximate surface area is 161 Å². The van der Waals surface area contributed by atoms with Crippen molar-refractivity contribution in [2.75, 3.05) is 13.2 Å². The van der Waals surface area contributed by atoms with Crippen molar-refractivity contribution in [3.63, 3.8) is 0 Å². The molecular formula is C20H22N2O2S2. The van der Waals surface area contributed by atoms with E-state index in [2.05, 4.69) is 33.9 Å². The molecule has 0 radical (unpaired) electrons. The highest BCUT2D eigenvalue weighted by Gasteiger charge is 2.49. The molecular weight excluding hydrogens is 364 g/mol. The van der Waals surface area contributed by atoms with Crippen LogP contribution in [0.2, 0.25) is 0 Å². The molecule has 4 nitrogen and oxygen atoms in total. The molecule has 1 saturated heterocycles. The molecule has 0 aromatic carbocycles. The Balaban J connectivity index is 1.44. The van der Waals surface area contributed by atoms with Crippen molar-refractivity contribution in [1.82, 2.24) is 9.80 Å². The number of nitrogens with zero attached hydrogens (tertiary/aromatic N) is 2. The Kier molecular flexibility index (Phi) is 4.22. The molecule has 1 aliphatic carbocycles. The molecule has 2 aromatic heterocycles. The molecule has 5 rings (SSSR count). The molecule has 2 amide bonds. The predicted octanol–water partition coefficient (Wildman–Crippen LogP) is 3.89. The maximum atomic E-state index is 12.9. The van der Waals surface area contributed by atoms with Gasteiger partial charge >= 0.3 is 0 Å². The van der Waals surface area contributed by atoms with Crippen LogP contribution in [0.4, 0.5) is 0 Å². The molecule has 26 heavy (non-hydrogen) atoms. The van der Waals surface area contributed by atoms with Crippen molar-refractivity contribution < 1.29 is 9.59 Å². The zero-order valence-corrected chi connectivity index (χ0v) is 16.2. The summed E-state index contributed by atoms with van der Waals surface area (Å²) in [5.74, 6) is 0.0253. The van der Waals surface area contributed by atoms with Gasteiger partial charge in [-0.05, 0) is 47.7 Å². The fraction of sp³-hybridized carbons (Fsp3) is 0.500. The number of likely N-dealkylation sites (tertiary alicyclic amines) is 1. The van der Waals surface area contributed by atoms with Crippen LogP contribution in [0.1, 0.15) is 47.0 Å². The van der Waals surface area contributed by atoms with Gasteiger partial charge in [0.25, 0.3) is 0 Å². The minimum absolute atomic E-state index is 0.0575. The monoisotopic (exact) mass is 386 g/mol. The van der Waals surface area contributed by atoms with Crippen molar-refractivity contribution in [3.05, 3.63) is 44.3 Å². The molecule has 0 spiro atoms. The van der Waals surface area contributed by atoms with Gasteiger partial charge in [0.1, 0.15) is 0 Å². The van der Waals surface area contributed by atoms with E-state index in [1.54, 1.807) is 16.2 Å². The van der Waals surface area contributed by atoms with Crippen molar-refractivity contribution in [2.45, 2.75) is 38.1 Å². The molecule has 0 N–H and O–H groups in total. The van der Waals surface area contributed by atoms with E-state index in [-0.39, 0.29) is 29.7 Å². The molecule has 2 aromatic rings. The van der Waals surface area contributed by atoms with E-state index < -0.39 is 0 Å². The number of carbonyl (C=O) groups is 2. The normalized spacial score (nSPS) is 29.1. The lowest BCUT2D eigenvalue weighted by atomic mass is 9.81. The summed E-state index contributed by atoms with van der Waals surface area (Å²) >= 11 is 3.57. The molecule has 2 aliphatic heterocycles. The van der Waals surface area contributed by atoms with Crippen LogP contribution in [0, 0.1) is 11.8 Å². The summed E-state index contributed by atoms with van der Waals surface area (Å²) in [5, 5.41) is 4.27. The molecule has 136 valence electrons. The van der Waals surface area contributed by atoms with Crippen molar-refractivity contribution in [2.24, 2.45) is 11.8 Å². The highest BCUT2D eigenvalue weighted by atomic mass is 32.1. The molecule has 6 heteroatoms. The first-order chi connectivity index (χ1) is 12.7. The second-order valence-corrected chi connectivity index (χ2v) is 9.50. The van der Waals surface area contributed by atoms with Gasteiger partial charge in [0, 0.05) is 16.3 Å². The topological polar surface area (TPSA) is 40.6 Å². The third kappa shape index (κ3) is 2.58. The van der Waals surface area contributed by atoms with Crippen LogP contribution in [0.3, 0.4) is 0 Å². The Hall–Kier alpha value is -1.50. The predicted molar refractivity (Wildman–Crippen MR) is 103 cm³/mol. The number of hydrogen-bond donors (Lipinski definition) is 0. The quantitative estimate of drug-likeness (QED) is 0.752. The van der Waals surface area contributed by atoms with Crippen LogP contribution in [0.15, 0.2) is 29.0 Å². The second kappa shape index (κ2) is 6.59. The molecule has 3 aliphatic rings. The summed E-state index contributed by atoms with van der Waals surface area (Å²) in [7, 11) is 0. The maximum absolute atomic E-state index is 12.9. The Morgan fingerprint density at radius 3 is 2.46 bits per heavy atom. The number of imide groups is 1. The number of fused-ring (bicyclic) bond motifs is 2. The van der Waals surface area contributed by atoms with Crippen molar-refractivity contribution in [1.29, 1.82) is 0 Å². The lowest BCUT2D eigenvalue weighted by Crippen LogP contribution is -2.45. The van der Waals surface area contributed by atoms with Crippen LogP contribution < -0.4 is 0 Å². The number of hydrogen-bond acceptors (Lipinski definition) is 5. The van der Waals surface area contributed by atoms with E-state index in [4.69, 9.17) is 0 Å². The van der Waals surface area contributed by atoms with Gasteiger partial charge in [-0.25, -0.2) is 0 Å². The van der Waals surface area contributed by atoms with Gasteiger partial charge in [-0.2, -0.15) is 0 Å². The average Bonchev–Trinajstić information content (AvgIpc) is 3.39. The number of carbonyl (C=O) groups excluding carboxylic acids is 2. The first-order valence-corrected chi connectivity index (χ1v) is 11.2. The van der Waals surface area contributed by atoms with E-state index in [0.29, 0.717) is 6.67 Å². The summed E-state index contributed by atoms with van der Waals surface area (Å²) in [4.78, 5) is 32.4. The van der Waals surface area contributed by atoms with Crippen LogP contribution in [-0.2, 0) is 16.0 Å². The number of thiophene rings is 2. The molecule has 1 saturated carbocycles. The summed E-state index contributed by atoms with van der Waals surface area (Å²) in [6.45, 7) is 1.32. The lowest BCUT2D eigenvalue weighted by molar-refractivity contribution is -0.143. The van der Waals surface area contributed by atoms with Gasteiger partial charge in [0.15, 0.2) is 0 Å². The van der Waals surface area contributed by atoms with Gasteiger partial charge in [0.05, 0.1) is 24.5 Å². The summed E-state index contributed by atoms with van der Waals surface area (Å²) < 4.78 is 0. The third-order valence-electron chi connectivity index (χ3n) is 6.13. The number of rotatable bonds is 3. The van der Waals surface area contributed by atoms with Crippen LogP contribution in [0.25, 0.3) is 0 Å². The lowest BCUT2D eigenvalue weighted by Gasteiger charge is -2.37. The molecule has 3 atom stereocenters. The minimum atomic E-state index is -0.0575. The first-order valence-electron chi connectivity index (χ1n) is 9.43. The van der Waals surface area contributed by atoms with Crippen LogP contribution in [0.5, 0.6) is 0 Å². The number of amides is 2. The summed E-state index contributed by atoms with van der Waals surface area (Å²) in [6, 6.07) is 6.62. The Bertz CT molecular complexity index is 805. The summed E-state index contributed by atoms with van der Waals surface area (Å²) in [6.07, 6.45) is 4.92. The van der Waals surface area contributed by atoms with E-state index in [1.807, 2.05) is 11.3 Å². The zero-order chi connectivity index (χ0) is 17.7. The van der Waals surface area contributed by atoms with E-state index in [9.17, 15) is 9.59 Å². The largest absolute Gasteiger partial charge is 0.274 e. The zero-order valence-electron chi connectivity index (χ0n) is 14.6. The molecule has 0 unspecified atom stereocenters.